The molecule has 2 N–H and O–H groups in total. The second-order valence-corrected chi connectivity index (χ2v) is 5.17. The Morgan fingerprint density at radius 2 is 1.75 bits per heavy atom. The van der Waals surface area contributed by atoms with E-state index in [-0.39, 0.29) is 0 Å². The molecule has 0 aliphatic rings. The second-order valence-electron chi connectivity index (χ2n) is 5.17. The summed E-state index contributed by atoms with van der Waals surface area (Å²) >= 11 is 0. The van der Waals surface area contributed by atoms with Crippen molar-refractivity contribution < 1.29 is 0 Å². The highest BCUT2D eigenvalue weighted by atomic mass is 15.1. The molecule has 0 spiro atoms. The molecule has 2 aromatic rings. The third-order valence-corrected chi connectivity index (χ3v) is 3.52. The minimum Gasteiger partial charge on any atom is -0.399 e. The SMILES string of the molecule is CCCCN(CCc1cccc(N)c1)c1ccccc1. The summed E-state index contributed by atoms with van der Waals surface area (Å²) in [6, 6.07) is 18.9. The Morgan fingerprint density at radius 1 is 0.950 bits per heavy atom. The Labute approximate surface area is 122 Å². The second kappa shape index (κ2) is 7.59. The fourth-order valence-electron chi connectivity index (χ4n) is 2.37. The topological polar surface area (TPSA) is 29.3 Å². The summed E-state index contributed by atoms with van der Waals surface area (Å²) in [6.45, 7) is 4.39. The van der Waals surface area contributed by atoms with E-state index in [1.165, 1.54) is 24.1 Å². The molecule has 0 bridgehead atoms. The summed E-state index contributed by atoms with van der Waals surface area (Å²) in [7, 11) is 0. The van der Waals surface area contributed by atoms with E-state index < -0.39 is 0 Å². The molecule has 0 unspecified atom stereocenters. The molecule has 0 saturated heterocycles. The lowest BCUT2D eigenvalue weighted by atomic mass is 10.1. The van der Waals surface area contributed by atoms with Crippen LogP contribution in [-0.4, -0.2) is 13.1 Å². The maximum absolute atomic E-state index is 5.84. The molecule has 2 heteroatoms. The Balaban J connectivity index is 2.01. The molecule has 2 rings (SSSR count). The Kier molecular flexibility index (Phi) is 5.48. The molecule has 0 aromatic heterocycles. The highest BCUT2D eigenvalue weighted by Gasteiger charge is 2.05. The summed E-state index contributed by atoms with van der Waals surface area (Å²) in [4.78, 5) is 2.46. The van der Waals surface area contributed by atoms with Crippen LogP contribution >= 0.6 is 0 Å². The number of nitrogen functional groups attached to an aromatic ring is 1. The van der Waals surface area contributed by atoms with Crippen LogP contribution in [0.2, 0.25) is 0 Å². The van der Waals surface area contributed by atoms with E-state index >= 15 is 0 Å². The molecule has 2 aromatic carbocycles. The zero-order valence-corrected chi connectivity index (χ0v) is 12.3. The van der Waals surface area contributed by atoms with Gasteiger partial charge in [-0.25, -0.2) is 0 Å². The van der Waals surface area contributed by atoms with Crippen LogP contribution in [-0.2, 0) is 6.42 Å². The van der Waals surface area contributed by atoms with Crippen molar-refractivity contribution in [3.8, 4) is 0 Å². The van der Waals surface area contributed by atoms with Crippen LogP contribution in [0.3, 0.4) is 0 Å². The van der Waals surface area contributed by atoms with E-state index in [0.29, 0.717) is 0 Å². The first-order valence-electron chi connectivity index (χ1n) is 7.44. The fourth-order valence-corrected chi connectivity index (χ4v) is 2.37. The number of nitrogens with two attached hydrogens (primary N) is 1. The average molecular weight is 268 g/mol. The van der Waals surface area contributed by atoms with Gasteiger partial charge in [0.15, 0.2) is 0 Å². The van der Waals surface area contributed by atoms with E-state index in [2.05, 4.69) is 54.3 Å². The first-order valence-corrected chi connectivity index (χ1v) is 7.44. The van der Waals surface area contributed by atoms with E-state index in [9.17, 15) is 0 Å². The van der Waals surface area contributed by atoms with Gasteiger partial charge in [0.1, 0.15) is 0 Å². The quantitative estimate of drug-likeness (QED) is 0.765. The molecule has 0 fully saturated rings. The zero-order valence-electron chi connectivity index (χ0n) is 12.3. The van der Waals surface area contributed by atoms with Gasteiger partial charge in [-0.15, -0.1) is 0 Å². The highest BCUT2D eigenvalue weighted by Crippen LogP contribution is 2.16. The van der Waals surface area contributed by atoms with Gasteiger partial charge >= 0.3 is 0 Å². The molecule has 0 aliphatic carbocycles. The van der Waals surface area contributed by atoms with Gasteiger partial charge in [-0.2, -0.15) is 0 Å². The van der Waals surface area contributed by atoms with Gasteiger partial charge in [0, 0.05) is 24.5 Å². The number of para-hydroxylation sites is 1. The van der Waals surface area contributed by atoms with E-state index in [0.717, 1.165) is 25.2 Å². The van der Waals surface area contributed by atoms with Crippen LogP contribution in [0.4, 0.5) is 11.4 Å². The van der Waals surface area contributed by atoms with E-state index in [4.69, 9.17) is 5.73 Å². The van der Waals surface area contributed by atoms with Crippen LogP contribution in [0, 0.1) is 0 Å². The zero-order chi connectivity index (χ0) is 14.2. The third kappa shape index (κ3) is 4.30. The normalized spacial score (nSPS) is 10.4. The van der Waals surface area contributed by atoms with Crippen molar-refractivity contribution in [2.45, 2.75) is 26.2 Å². The van der Waals surface area contributed by atoms with E-state index in [1.54, 1.807) is 0 Å². The summed E-state index contributed by atoms with van der Waals surface area (Å²) < 4.78 is 0. The fraction of sp³-hybridized carbons (Fsp3) is 0.333. The van der Waals surface area contributed by atoms with Gasteiger partial charge in [-0.3, -0.25) is 0 Å². The van der Waals surface area contributed by atoms with Gasteiger partial charge < -0.3 is 10.6 Å². The molecular weight excluding hydrogens is 244 g/mol. The maximum atomic E-state index is 5.84. The largest absolute Gasteiger partial charge is 0.399 e. The predicted octanol–water partition coefficient (Wildman–Crippen LogP) is 4.12. The van der Waals surface area contributed by atoms with Crippen LogP contribution in [0.25, 0.3) is 0 Å². The first-order chi connectivity index (χ1) is 9.79. The molecule has 0 radical (unpaired) electrons. The van der Waals surface area contributed by atoms with Crippen molar-refractivity contribution in [3.63, 3.8) is 0 Å². The Morgan fingerprint density at radius 3 is 2.45 bits per heavy atom. The van der Waals surface area contributed by atoms with Crippen LogP contribution in [0.1, 0.15) is 25.3 Å². The molecule has 2 nitrogen and oxygen atoms in total. The monoisotopic (exact) mass is 268 g/mol. The molecule has 106 valence electrons. The maximum Gasteiger partial charge on any atom is 0.0366 e. The summed E-state index contributed by atoms with van der Waals surface area (Å²) in [6.07, 6.45) is 3.48. The standard InChI is InChI=1S/C18H24N2/c1-2-3-13-20(18-10-5-4-6-11-18)14-12-16-8-7-9-17(19)15-16/h4-11,15H,2-3,12-14,19H2,1H3. The lowest BCUT2D eigenvalue weighted by molar-refractivity contribution is 0.711. The smallest absolute Gasteiger partial charge is 0.0366 e. The van der Waals surface area contributed by atoms with Crippen molar-refractivity contribution >= 4 is 11.4 Å². The molecule has 20 heavy (non-hydrogen) atoms. The number of hydrogen-bond donors (Lipinski definition) is 1. The van der Waals surface area contributed by atoms with Crippen molar-refractivity contribution in [3.05, 3.63) is 60.2 Å². The minimum atomic E-state index is 0.849. The molecule has 0 saturated carbocycles. The van der Waals surface area contributed by atoms with Crippen molar-refractivity contribution in [2.75, 3.05) is 23.7 Å². The van der Waals surface area contributed by atoms with Crippen LogP contribution in [0.15, 0.2) is 54.6 Å². The van der Waals surface area contributed by atoms with Gasteiger partial charge in [-0.1, -0.05) is 43.7 Å². The van der Waals surface area contributed by atoms with E-state index in [1.807, 2.05) is 12.1 Å². The Bertz CT molecular complexity index is 508. The summed E-state index contributed by atoms with van der Waals surface area (Å²) in [5.41, 5.74) is 9.31. The highest BCUT2D eigenvalue weighted by molar-refractivity contribution is 5.46. The molecule has 0 amide bonds. The molecule has 0 heterocycles. The van der Waals surface area contributed by atoms with Crippen LogP contribution < -0.4 is 10.6 Å². The molecule has 0 aliphatic heterocycles. The lowest BCUT2D eigenvalue weighted by Crippen LogP contribution is -2.26. The lowest BCUT2D eigenvalue weighted by Gasteiger charge is -2.25. The minimum absolute atomic E-state index is 0.849. The van der Waals surface area contributed by atoms with Gasteiger partial charge in [0.25, 0.3) is 0 Å². The number of unbranched alkanes of at least 4 members (excludes halogenated alkanes) is 1. The van der Waals surface area contributed by atoms with Crippen molar-refractivity contribution in [2.24, 2.45) is 0 Å². The van der Waals surface area contributed by atoms with Crippen molar-refractivity contribution in [1.29, 1.82) is 0 Å². The third-order valence-electron chi connectivity index (χ3n) is 3.52. The molecular formula is C18H24N2. The first kappa shape index (κ1) is 14.4. The van der Waals surface area contributed by atoms with Gasteiger partial charge in [0.05, 0.1) is 0 Å². The number of nitrogens with zero attached hydrogens (tertiary/aromatic N) is 1. The van der Waals surface area contributed by atoms with Crippen molar-refractivity contribution in [1.82, 2.24) is 0 Å². The molecule has 0 atom stereocenters. The summed E-state index contributed by atoms with van der Waals surface area (Å²) in [5, 5.41) is 0. The number of rotatable bonds is 7. The van der Waals surface area contributed by atoms with Gasteiger partial charge in [-0.05, 0) is 42.7 Å². The number of hydrogen-bond acceptors (Lipinski definition) is 2. The van der Waals surface area contributed by atoms with Gasteiger partial charge in [0.2, 0.25) is 0 Å². The van der Waals surface area contributed by atoms with Crippen LogP contribution in [0.5, 0.6) is 0 Å². The number of anilines is 2. The Hall–Kier alpha value is -1.96. The number of benzene rings is 2. The summed E-state index contributed by atoms with van der Waals surface area (Å²) in [5.74, 6) is 0. The average Bonchev–Trinajstić information content (AvgIpc) is 2.48. The predicted molar refractivity (Wildman–Crippen MR) is 88.1 cm³/mol.